The molecule has 0 aromatic rings. The molecule has 1 heterocycles. The van der Waals surface area contributed by atoms with E-state index < -0.39 is 49.5 Å². The normalized spacial score (nSPS) is 20.7. The summed E-state index contributed by atoms with van der Waals surface area (Å²) in [6.07, 6.45) is 43.1. The van der Waals surface area contributed by atoms with Crippen molar-refractivity contribution in [3.05, 3.63) is 72.9 Å². The maximum absolute atomic E-state index is 12.9. The number of carbonyl (C=O) groups excluding carboxylic acids is 2. The zero-order valence-electron chi connectivity index (χ0n) is 39.3. The molecule has 7 unspecified atom stereocenters. The summed E-state index contributed by atoms with van der Waals surface area (Å²) in [6.45, 7) is 3.94. The Kier molecular flexibility index (Phi) is 38.5. The van der Waals surface area contributed by atoms with E-state index in [0.29, 0.717) is 25.9 Å². The van der Waals surface area contributed by atoms with Gasteiger partial charge in [-0.25, -0.2) is 0 Å². The Balaban J connectivity index is 2.21. The van der Waals surface area contributed by atoms with Crippen LogP contribution in [0.15, 0.2) is 72.9 Å². The lowest BCUT2D eigenvalue weighted by molar-refractivity contribution is -0.302. The molecule has 0 aromatic carbocycles. The van der Waals surface area contributed by atoms with E-state index in [4.69, 9.17) is 14.2 Å². The first kappa shape index (κ1) is 58.1. The van der Waals surface area contributed by atoms with E-state index in [1.165, 1.54) is 70.6 Å². The van der Waals surface area contributed by atoms with Crippen molar-refractivity contribution in [1.29, 1.82) is 0 Å². The Labute approximate surface area is 381 Å². The number of esters is 1. The number of hydrogen-bond acceptors (Lipinski definition) is 10. The van der Waals surface area contributed by atoms with Crippen molar-refractivity contribution in [3.8, 4) is 0 Å². The van der Waals surface area contributed by atoms with Gasteiger partial charge in [-0.2, -0.15) is 0 Å². The highest BCUT2D eigenvalue weighted by atomic mass is 16.7. The topological polar surface area (TPSA) is 175 Å². The lowest BCUT2D eigenvalue weighted by Crippen LogP contribution is -2.60. The number of aliphatic hydroxyl groups is 5. The van der Waals surface area contributed by atoms with E-state index in [9.17, 15) is 35.1 Å². The van der Waals surface area contributed by atoms with Gasteiger partial charge in [0.2, 0.25) is 5.91 Å². The molecule has 0 bridgehead atoms. The Morgan fingerprint density at radius 2 is 1.16 bits per heavy atom. The van der Waals surface area contributed by atoms with E-state index in [0.717, 1.165) is 70.6 Å². The predicted octanol–water partition coefficient (Wildman–Crippen LogP) is 9.71. The summed E-state index contributed by atoms with van der Waals surface area (Å²) in [7, 11) is 0. The molecular formula is C52H89NO10. The van der Waals surface area contributed by atoms with Gasteiger partial charge in [-0.15, -0.1) is 0 Å². The minimum absolute atomic E-state index is 0.0524. The van der Waals surface area contributed by atoms with Crippen LogP contribution in [0.25, 0.3) is 0 Å². The number of rotatable bonds is 40. The molecule has 0 aromatic heterocycles. The fourth-order valence-corrected chi connectivity index (χ4v) is 7.10. The number of ether oxygens (including phenoxy) is 3. The van der Waals surface area contributed by atoms with Crippen LogP contribution in [-0.2, 0) is 23.8 Å². The molecule has 1 saturated heterocycles. The Morgan fingerprint density at radius 3 is 1.79 bits per heavy atom. The molecule has 1 aliphatic rings. The first-order chi connectivity index (χ1) is 30.7. The first-order valence-electron chi connectivity index (χ1n) is 24.7. The molecule has 1 aliphatic heterocycles. The molecule has 6 N–H and O–H groups in total. The molecule has 11 nitrogen and oxygen atoms in total. The highest BCUT2D eigenvalue weighted by molar-refractivity contribution is 5.76. The van der Waals surface area contributed by atoms with E-state index in [2.05, 4.69) is 54.8 Å². The SMILES string of the molecule is C/C=C/CC/C=C/CC/C=C/C(O)C(COC1OC(CO)C(O)C(O)C1O)NC(=O)CC/C=C\C/C=C\CCCCCCCCOC(=O)CCCCCCC/C=C\CCCCCC. The van der Waals surface area contributed by atoms with E-state index in [1.807, 2.05) is 31.2 Å². The summed E-state index contributed by atoms with van der Waals surface area (Å²) >= 11 is 0. The van der Waals surface area contributed by atoms with Crippen LogP contribution in [0, 0.1) is 0 Å². The van der Waals surface area contributed by atoms with Gasteiger partial charge in [-0.05, 0) is 96.8 Å². The molecule has 11 heteroatoms. The zero-order chi connectivity index (χ0) is 46.0. The van der Waals surface area contributed by atoms with Gasteiger partial charge in [-0.3, -0.25) is 9.59 Å². The lowest BCUT2D eigenvalue weighted by atomic mass is 9.99. The third kappa shape index (κ3) is 32.4. The average Bonchev–Trinajstić information content (AvgIpc) is 3.28. The summed E-state index contributed by atoms with van der Waals surface area (Å²) in [4.78, 5) is 24.9. The van der Waals surface area contributed by atoms with Crippen molar-refractivity contribution in [2.75, 3.05) is 19.8 Å². The molecule has 1 fully saturated rings. The van der Waals surface area contributed by atoms with Crippen molar-refractivity contribution in [2.45, 2.75) is 224 Å². The molecule has 0 spiro atoms. The summed E-state index contributed by atoms with van der Waals surface area (Å²) in [6, 6.07) is -0.878. The maximum Gasteiger partial charge on any atom is 0.305 e. The Hall–Kier alpha value is -2.90. The van der Waals surface area contributed by atoms with Crippen molar-refractivity contribution in [1.82, 2.24) is 5.32 Å². The standard InChI is InChI=1S/C52H89NO10/c1-3-5-7-9-11-13-14-16-20-24-28-32-36-40-48(57)61-41-37-33-29-25-21-18-15-17-19-23-27-31-35-39-47(56)53-44(45(55)38-34-30-26-22-12-10-8-6-4-2)43-62-52-51(60)50(59)49(58)46(42-54)63-52/h4,6,12-14,17,19,22,27,31,34,38,44-46,49-52,54-55,58-60H,3,5,7-11,15-16,18,20-21,23-26,28-30,32-33,35-37,39-43H2,1-2H3,(H,53,56)/b6-4+,14-13-,19-17-,22-12+,31-27-,38-34+. The highest BCUT2D eigenvalue weighted by Gasteiger charge is 2.44. The third-order valence-corrected chi connectivity index (χ3v) is 11.1. The van der Waals surface area contributed by atoms with Gasteiger partial charge in [0, 0.05) is 12.8 Å². The summed E-state index contributed by atoms with van der Waals surface area (Å²) in [5.74, 6) is -0.336. The van der Waals surface area contributed by atoms with E-state index >= 15 is 0 Å². The fraction of sp³-hybridized carbons (Fsp3) is 0.731. The number of nitrogens with one attached hydrogen (secondary N) is 1. The smallest absolute Gasteiger partial charge is 0.305 e. The van der Waals surface area contributed by atoms with Crippen LogP contribution in [0.5, 0.6) is 0 Å². The molecule has 1 amide bonds. The molecule has 7 atom stereocenters. The van der Waals surface area contributed by atoms with Crippen molar-refractivity contribution in [3.63, 3.8) is 0 Å². The quantitative estimate of drug-likeness (QED) is 0.0198. The van der Waals surface area contributed by atoms with Gasteiger partial charge in [0.05, 0.1) is 32.0 Å². The van der Waals surface area contributed by atoms with Crippen LogP contribution >= 0.6 is 0 Å². The second-order valence-electron chi connectivity index (χ2n) is 16.8. The second kappa shape index (κ2) is 41.8. The number of amides is 1. The largest absolute Gasteiger partial charge is 0.466 e. The summed E-state index contributed by atoms with van der Waals surface area (Å²) in [5.41, 5.74) is 0. The van der Waals surface area contributed by atoms with Gasteiger partial charge in [0.25, 0.3) is 0 Å². The summed E-state index contributed by atoms with van der Waals surface area (Å²) in [5, 5.41) is 53.9. The van der Waals surface area contributed by atoms with Crippen molar-refractivity contribution < 1.29 is 49.3 Å². The number of unbranched alkanes of at least 4 members (excludes halogenated alkanes) is 17. The van der Waals surface area contributed by atoms with Gasteiger partial charge in [-0.1, -0.05) is 144 Å². The average molecular weight is 888 g/mol. The predicted molar refractivity (Wildman–Crippen MR) is 255 cm³/mol. The second-order valence-corrected chi connectivity index (χ2v) is 16.8. The number of hydrogen-bond donors (Lipinski definition) is 6. The van der Waals surface area contributed by atoms with Crippen LogP contribution < -0.4 is 5.32 Å². The lowest BCUT2D eigenvalue weighted by Gasteiger charge is -2.40. The van der Waals surface area contributed by atoms with Gasteiger partial charge < -0.3 is 45.1 Å². The Bertz CT molecular complexity index is 1280. The third-order valence-electron chi connectivity index (χ3n) is 11.1. The van der Waals surface area contributed by atoms with Crippen LogP contribution in [0.3, 0.4) is 0 Å². The number of carbonyl (C=O) groups is 2. The van der Waals surface area contributed by atoms with Crippen molar-refractivity contribution in [2.24, 2.45) is 0 Å². The van der Waals surface area contributed by atoms with Gasteiger partial charge in [0.1, 0.15) is 24.4 Å². The molecule has 63 heavy (non-hydrogen) atoms. The molecule has 0 radical (unpaired) electrons. The minimum atomic E-state index is -1.60. The maximum atomic E-state index is 12.9. The zero-order valence-corrected chi connectivity index (χ0v) is 39.3. The number of aliphatic hydroxyl groups excluding tert-OH is 5. The van der Waals surface area contributed by atoms with Gasteiger partial charge >= 0.3 is 5.97 Å². The monoisotopic (exact) mass is 888 g/mol. The fourth-order valence-electron chi connectivity index (χ4n) is 7.10. The van der Waals surface area contributed by atoms with Gasteiger partial charge in [0.15, 0.2) is 6.29 Å². The van der Waals surface area contributed by atoms with Crippen LogP contribution in [-0.4, -0.2) is 100 Å². The van der Waals surface area contributed by atoms with Crippen LogP contribution in [0.1, 0.15) is 181 Å². The molecule has 0 aliphatic carbocycles. The minimum Gasteiger partial charge on any atom is -0.466 e. The van der Waals surface area contributed by atoms with Crippen molar-refractivity contribution >= 4 is 11.9 Å². The molecule has 1 rings (SSSR count). The van der Waals surface area contributed by atoms with E-state index in [-0.39, 0.29) is 24.9 Å². The Morgan fingerprint density at radius 1 is 0.619 bits per heavy atom. The molecule has 0 saturated carbocycles. The van der Waals surface area contributed by atoms with E-state index in [1.54, 1.807) is 6.08 Å². The summed E-state index contributed by atoms with van der Waals surface area (Å²) < 4.78 is 16.5. The van der Waals surface area contributed by atoms with Crippen LogP contribution in [0.4, 0.5) is 0 Å². The van der Waals surface area contributed by atoms with Crippen LogP contribution in [0.2, 0.25) is 0 Å². The highest BCUT2D eigenvalue weighted by Crippen LogP contribution is 2.22. The number of allylic oxidation sites excluding steroid dienone is 11. The first-order valence-corrected chi connectivity index (χ1v) is 24.7. The molecular weight excluding hydrogens is 799 g/mol. The molecule has 362 valence electrons.